The first-order valence-corrected chi connectivity index (χ1v) is 13.4. The van der Waals surface area contributed by atoms with Crippen LogP contribution in [0.4, 0.5) is 0 Å². The Kier molecular flexibility index (Phi) is 9.75. The first-order chi connectivity index (χ1) is 17.3. The summed E-state index contributed by atoms with van der Waals surface area (Å²) in [7, 11) is -3.74. The molecule has 190 valence electrons. The molecular weight excluding hydrogens is 478 g/mol. The molecule has 0 saturated carbocycles. The number of benzene rings is 3. The summed E-state index contributed by atoms with van der Waals surface area (Å²) in [5.74, 6) is -0.985. The second-order valence-electron chi connectivity index (χ2n) is 8.35. The Bertz CT molecular complexity index is 1220. The number of aliphatic hydroxyl groups is 1. The van der Waals surface area contributed by atoms with Gasteiger partial charge in [-0.05, 0) is 16.7 Å². The van der Waals surface area contributed by atoms with Crippen molar-refractivity contribution < 1.29 is 23.1 Å². The third-order valence-electron chi connectivity index (χ3n) is 5.58. The second-order valence-corrected chi connectivity index (χ2v) is 10.3. The molecule has 0 aliphatic heterocycles. The molecule has 1 atom stereocenters. The van der Waals surface area contributed by atoms with E-state index in [1.54, 1.807) is 54.6 Å². The predicted molar refractivity (Wildman–Crippen MR) is 138 cm³/mol. The number of nitrogens with zero attached hydrogens (tertiary/aromatic N) is 2. The van der Waals surface area contributed by atoms with Gasteiger partial charge in [0.05, 0.1) is 19.4 Å². The second kappa shape index (κ2) is 13.0. The van der Waals surface area contributed by atoms with Crippen LogP contribution in [-0.2, 0) is 32.7 Å². The molecule has 0 spiro atoms. The van der Waals surface area contributed by atoms with Crippen molar-refractivity contribution in [2.75, 3.05) is 26.0 Å². The van der Waals surface area contributed by atoms with Crippen molar-refractivity contribution in [3.8, 4) is 0 Å². The van der Waals surface area contributed by atoms with Crippen LogP contribution in [0, 0.1) is 0 Å². The molecule has 3 rings (SSSR count). The fourth-order valence-corrected chi connectivity index (χ4v) is 4.54. The van der Waals surface area contributed by atoms with Gasteiger partial charge in [0.15, 0.2) is 0 Å². The standard InChI is InChI=1S/C27H31N3O5S/c1-36(34,35)29(19-22-11-5-2-6-12-22)21-25(32)30(20-23-13-7-3-8-14-23)26(27(33)28-17-18-31)24-15-9-4-10-16-24/h2-16,26,31H,17-21H2,1H3,(H,28,33). The number of hydrogen-bond donors (Lipinski definition) is 2. The first kappa shape index (κ1) is 27.1. The van der Waals surface area contributed by atoms with Crippen molar-refractivity contribution in [2.45, 2.75) is 19.1 Å². The van der Waals surface area contributed by atoms with E-state index in [2.05, 4.69) is 5.32 Å². The molecule has 0 aromatic heterocycles. The maximum atomic E-state index is 13.8. The number of carbonyl (C=O) groups is 2. The van der Waals surface area contributed by atoms with Gasteiger partial charge in [-0.3, -0.25) is 9.59 Å². The minimum atomic E-state index is -3.74. The topological polar surface area (TPSA) is 107 Å². The van der Waals surface area contributed by atoms with Crippen molar-refractivity contribution in [3.63, 3.8) is 0 Å². The molecule has 8 nitrogen and oxygen atoms in total. The van der Waals surface area contributed by atoms with Gasteiger partial charge in [-0.2, -0.15) is 4.31 Å². The van der Waals surface area contributed by atoms with Crippen molar-refractivity contribution >= 4 is 21.8 Å². The number of sulfonamides is 1. The van der Waals surface area contributed by atoms with Crippen LogP contribution in [-0.4, -0.2) is 60.5 Å². The van der Waals surface area contributed by atoms with Gasteiger partial charge in [-0.15, -0.1) is 0 Å². The van der Waals surface area contributed by atoms with E-state index in [0.29, 0.717) is 5.56 Å². The Morgan fingerprint density at radius 2 is 1.33 bits per heavy atom. The number of rotatable bonds is 12. The molecule has 36 heavy (non-hydrogen) atoms. The van der Waals surface area contributed by atoms with E-state index >= 15 is 0 Å². The third kappa shape index (κ3) is 7.74. The molecule has 3 aromatic rings. The van der Waals surface area contributed by atoms with E-state index in [-0.39, 0.29) is 26.2 Å². The molecule has 2 amide bonds. The molecule has 0 radical (unpaired) electrons. The zero-order valence-corrected chi connectivity index (χ0v) is 21.0. The van der Waals surface area contributed by atoms with Crippen molar-refractivity contribution in [1.29, 1.82) is 0 Å². The molecular formula is C27H31N3O5S. The van der Waals surface area contributed by atoms with E-state index in [0.717, 1.165) is 21.7 Å². The Morgan fingerprint density at radius 3 is 1.83 bits per heavy atom. The number of aliphatic hydroxyl groups excluding tert-OH is 1. The molecule has 2 N–H and O–H groups in total. The molecule has 0 aliphatic rings. The summed E-state index contributed by atoms with van der Waals surface area (Å²) in [5, 5.41) is 11.9. The Balaban J connectivity index is 1.99. The van der Waals surface area contributed by atoms with E-state index in [1.807, 2.05) is 36.4 Å². The van der Waals surface area contributed by atoms with Crippen LogP contribution in [0.25, 0.3) is 0 Å². The Morgan fingerprint density at radius 1 is 0.833 bits per heavy atom. The third-order valence-corrected chi connectivity index (χ3v) is 6.78. The SMILES string of the molecule is CS(=O)(=O)N(CC(=O)N(Cc1ccccc1)C(C(=O)NCCO)c1ccccc1)Cc1ccccc1. The summed E-state index contributed by atoms with van der Waals surface area (Å²) in [4.78, 5) is 28.4. The van der Waals surface area contributed by atoms with E-state index in [9.17, 15) is 23.1 Å². The van der Waals surface area contributed by atoms with Gasteiger partial charge in [-0.25, -0.2) is 8.42 Å². The smallest absolute Gasteiger partial charge is 0.247 e. The minimum absolute atomic E-state index is 0.0251. The summed E-state index contributed by atoms with van der Waals surface area (Å²) in [6.45, 7) is -0.541. The lowest BCUT2D eigenvalue weighted by Crippen LogP contribution is -2.48. The van der Waals surface area contributed by atoms with Gasteiger partial charge >= 0.3 is 0 Å². The van der Waals surface area contributed by atoms with Gasteiger partial charge < -0.3 is 15.3 Å². The van der Waals surface area contributed by atoms with Gasteiger partial charge in [0.25, 0.3) is 0 Å². The Hall–Kier alpha value is -3.53. The average molecular weight is 510 g/mol. The van der Waals surface area contributed by atoms with Crippen molar-refractivity contribution in [1.82, 2.24) is 14.5 Å². The highest BCUT2D eigenvalue weighted by atomic mass is 32.2. The summed E-state index contributed by atoms with van der Waals surface area (Å²) < 4.78 is 26.3. The first-order valence-electron chi connectivity index (χ1n) is 11.6. The molecule has 9 heteroatoms. The highest BCUT2D eigenvalue weighted by molar-refractivity contribution is 7.88. The summed E-state index contributed by atoms with van der Waals surface area (Å²) in [6.07, 6.45) is 1.06. The molecule has 3 aromatic carbocycles. The zero-order chi connectivity index (χ0) is 26.0. The van der Waals surface area contributed by atoms with Crippen LogP contribution in [0.5, 0.6) is 0 Å². The monoisotopic (exact) mass is 509 g/mol. The summed E-state index contributed by atoms with van der Waals surface area (Å²) in [5.41, 5.74) is 2.10. The predicted octanol–water partition coefficient (Wildman–Crippen LogP) is 2.33. The Labute approximate surface area is 212 Å². The quantitative estimate of drug-likeness (QED) is 0.390. The average Bonchev–Trinajstić information content (AvgIpc) is 2.88. The maximum Gasteiger partial charge on any atom is 0.247 e. The highest BCUT2D eigenvalue weighted by Crippen LogP contribution is 2.24. The molecule has 0 saturated heterocycles. The van der Waals surface area contributed by atoms with Crippen LogP contribution < -0.4 is 5.32 Å². The lowest BCUT2D eigenvalue weighted by molar-refractivity contribution is -0.141. The van der Waals surface area contributed by atoms with Crippen LogP contribution in [0.2, 0.25) is 0 Å². The number of nitrogens with one attached hydrogen (secondary N) is 1. The van der Waals surface area contributed by atoms with Crippen LogP contribution >= 0.6 is 0 Å². The van der Waals surface area contributed by atoms with Crippen LogP contribution in [0.15, 0.2) is 91.0 Å². The van der Waals surface area contributed by atoms with Gasteiger partial charge in [0.2, 0.25) is 21.8 Å². The van der Waals surface area contributed by atoms with Crippen molar-refractivity contribution in [3.05, 3.63) is 108 Å². The minimum Gasteiger partial charge on any atom is -0.395 e. The van der Waals surface area contributed by atoms with E-state index in [1.165, 1.54) is 4.90 Å². The van der Waals surface area contributed by atoms with Gasteiger partial charge in [0.1, 0.15) is 6.04 Å². The van der Waals surface area contributed by atoms with Crippen LogP contribution in [0.3, 0.4) is 0 Å². The number of amides is 2. The number of carbonyl (C=O) groups excluding carboxylic acids is 2. The molecule has 0 bridgehead atoms. The largest absolute Gasteiger partial charge is 0.395 e. The maximum absolute atomic E-state index is 13.8. The van der Waals surface area contributed by atoms with Gasteiger partial charge in [-0.1, -0.05) is 91.0 Å². The summed E-state index contributed by atoms with van der Waals surface area (Å²) >= 11 is 0. The lowest BCUT2D eigenvalue weighted by Gasteiger charge is -2.33. The molecule has 1 unspecified atom stereocenters. The summed E-state index contributed by atoms with van der Waals surface area (Å²) in [6, 6.07) is 26.0. The fraction of sp³-hybridized carbons (Fsp3) is 0.259. The van der Waals surface area contributed by atoms with Crippen LogP contribution in [0.1, 0.15) is 22.7 Å². The fourth-order valence-electron chi connectivity index (χ4n) is 3.81. The zero-order valence-electron chi connectivity index (χ0n) is 20.2. The van der Waals surface area contributed by atoms with Gasteiger partial charge in [0, 0.05) is 19.6 Å². The van der Waals surface area contributed by atoms with E-state index < -0.39 is 34.4 Å². The molecule has 0 fully saturated rings. The highest BCUT2D eigenvalue weighted by Gasteiger charge is 2.33. The number of hydrogen-bond acceptors (Lipinski definition) is 5. The normalized spacial score (nSPS) is 12.2. The lowest BCUT2D eigenvalue weighted by atomic mass is 10.0. The van der Waals surface area contributed by atoms with Crippen molar-refractivity contribution in [2.24, 2.45) is 0 Å². The molecule has 0 heterocycles. The van der Waals surface area contributed by atoms with E-state index in [4.69, 9.17) is 0 Å². The molecule has 0 aliphatic carbocycles.